The fourth-order valence-electron chi connectivity index (χ4n) is 0.553. The van der Waals surface area contributed by atoms with E-state index in [1.54, 1.807) is 0 Å². The normalized spacial score (nSPS) is 13.8. The lowest BCUT2D eigenvalue weighted by molar-refractivity contribution is -0.339. The predicted octanol–water partition coefficient (Wildman–Crippen LogP) is 9.26. The van der Waals surface area contributed by atoms with Crippen LogP contribution in [0.4, 0.5) is 101 Å². The zero-order valence-corrected chi connectivity index (χ0v) is 15.2. The summed E-state index contributed by atoms with van der Waals surface area (Å²) in [6, 6.07) is 0. The monoisotopic (exact) mass is 586 g/mol. The highest BCUT2D eigenvalue weighted by Crippen LogP contribution is 2.46. The molecule has 0 saturated heterocycles. The van der Waals surface area contributed by atoms with Gasteiger partial charge in [-0.1, -0.05) is 13.2 Å². The lowest BCUT2D eigenvalue weighted by Crippen LogP contribution is -2.51. The zero-order valence-electron chi connectivity index (χ0n) is 15.2. The van der Waals surface area contributed by atoms with Gasteiger partial charge in [0.15, 0.2) is 0 Å². The Morgan fingerprint density at radius 2 is 0.571 bits per heavy atom. The third-order valence-electron chi connectivity index (χ3n) is 2.11. The highest BCUT2D eigenvalue weighted by Gasteiger charge is 2.70. The molecule has 0 saturated carbocycles. The van der Waals surface area contributed by atoms with Gasteiger partial charge >= 0.3 is 49.2 Å². The summed E-state index contributed by atoms with van der Waals surface area (Å²) in [4.78, 5) is 0. The Balaban J connectivity index is -0.000000191. The molecule has 0 amide bonds. The van der Waals surface area contributed by atoms with Gasteiger partial charge in [0.05, 0.1) is 0 Å². The molecule has 214 valence electrons. The van der Waals surface area contributed by atoms with Crippen LogP contribution in [0.1, 0.15) is 0 Å². The van der Waals surface area contributed by atoms with Crippen molar-refractivity contribution in [3.63, 3.8) is 0 Å². The maximum absolute atomic E-state index is 12.2. The first kappa shape index (κ1) is 40.1. The molecule has 0 rings (SSSR count). The van der Waals surface area contributed by atoms with Crippen molar-refractivity contribution in [2.24, 2.45) is 0 Å². The zero-order chi connectivity index (χ0) is 30.3. The lowest BCUT2D eigenvalue weighted by Gasteiger charge is -2.26. The van der Waals surface area contributed by atoms with E-state index in [4.69, 9.17) is 0 Å². The highest BCUT2D eigenvalue weighted by atomic mass is 19.5. The summed E-state index contributed by atoms with van der Waals surface area (Å²) in [5.74, 6) is 0. The topological polar surface area (TPSA) is 0 Å². The number of hydrogen-bond donors (Lipinski definition) is 0. The average Bonchev–Trinajstić information content (AvgIpc) is 2.46. The fourth-order valence-corrected chi connectivity index (χ4v) is 0.553. The number of hydrogen-bond acceptors (Lipinski definition) is 0. The molecule has 35 heavy (non-hydrogen) atoms. The van der Waals surface area contributed by atoms with E-state index in [1.807, 2.05) is 6.58 Å². The molecule has 0 spiro atoms. The number of rotatable bonds is 1. The third-order valence-corrected chi connectivity index (χ3v) is 2.11. The quantitative estimate of drug-likeness (QED) is 0.212. The molecule has 0 aromatic carbocycles. The summed E-state index contributed by atoms with van der Waals surface area (Å²) in [6.45, 7) is 4.00. The first-order valence-electron chi connectivity index (χ1n) is 6.65. The average molecular weight is 586 g/mol. The molecule has 0 aromatic heterocycles. The number of allylic oxidation sites excluding steroid dienone is 2. The number of alkyl halides is 23. The first-order chi connectivity index (χ1) is 14.5. The van der Waals surface area contributed by atoms with Crippen LogP contribution in [0.5, 0.6) is 0 Å². The second-order valence-electron chi connectivity index (χ2n) is 4.81. The maximum atomic E-state index is 12.2. The molecular formula is C12H5F23. The van der Waals surface area contributed by atoms with Crippen LogP contribution in [-0.4, -0.2) is 49.2 Å². The van der Waals surface area contributed by atoms with E-state index < -0.39 is 60.8 Å². The van der Waals surface area contributed by atoms with Crippen molar-refractivity contribution in [1.82, 2.24) is 0 Å². The van der Waals surface area contributed by atoms with E-state index in [9.17, 15) is 101 Å². The molecule has 0 aliphatic carbocycles. The van der Waals surface area contributed by atoms with E-state index in [0.29, 0.717) is 0 Å². The Kier molecular flexibility index (Phi) is 14.0. The summed E-state index contributed by atoms with van der Waals surface area (Å²) >= 11 is 0. The van der Waals surface area contributed by atoms with Crippen molar-refractivity contribution in [3.8, 4) is 0 Å². The SMILES string of the molecule is C=C(C(F)(F)F)C(F)(F)F.C=CC(F)(C(F)(F)F)C(F)(F)F.FC(F)(F)C(F)(F)F.FC(F)(F)F. The Bertz CT molecular complexity index is 575. The second kappa shape index (κ2) is 12.2. The van der Waals surface area contributed by atoms with Gasteiger partial charge in [-0.3, -0.25) is 0 Å². The smallest absolute Gasteiger partial charge is 0.219 e. The van der Waals surface area contributed by atoms with Gasteiger partial charge in [0, 0.05) is 0 Å². The molecule has 0 N–H and O–H groups in total. The summed E-state index contributed by atoms with van der Waals surface area (Å²) < 4.78 is 249. The molecular weight excluding hydrogens is 581 g/mol. The Morgan fingerprint density at radius 1 is 0.400 bits per heavy atom. The molecule has 0 aliphatic heterocycles. The standard InChI is InChI=1S/C5H3F7.C4H2F6.C2F6.CF4/c1-2-3(6,4(7,8)9)5(10,11)12;1-2(3(5,6)7)4(8,9)10;3-1(4,5)2(6,7)8;2-1(3,4)5/h2H,1H2;1H2;;. The van der Waals surface area contributed by atoms with Crippen molar-refractivity contribution < 1.29 is 101 Å². The van der Waals surface area contributed by atoms with Crippen molar-refractivity contribution >= 4 is 0 Å². The largest absolute Gasteiger partial charge is 0.559 e. The van der Waals surface area contributed by atoms with Crippen molar-refractivity contribution in [1.29, 1.82) is 0 Å². The van der Waals surface area contributed by atoms with E-state index in [1.165, 1.54) is 0 Å². The van der Waals surface area contributed by atoms with Gasteiger partial charge < -0.3 is 0 Å². The van der Waals surface area contributed by atoms with Gasteiger partial charge in [0.25, 0.3) is 0 Å². The molecule has 0 aliphatic rings. The third kappa shape index (κ3) is 17.9. The van der Waals surface area contributed by atoms with E-state index in [-0.39, 0.29) is 0 Å². The van der Waals surface area contributed by atoms with Crippen LogP contribution in [0.2, 0.25) is 0 Å². The van der Waals surface area contributed by atoms with Crippen LogP contribution in [0, 0.1) is 0 Å². The minimum atomic E-state index is -6.06. The van der Waals surface area contributed by atoms with Gasteiger partial charge in [-0.05, 0) is 6.08 Å². The molecule has 0 nitrogen and oxygen atoms in total. The van der Waals surface area contributed by atoms with Crippen molar-refractivity contribution in [3.05, 3.63) is 24.8 Å². The van der Waals surface area contributed by atoms with Crippen LogP contribution in [-0.2, 0) is 0 Å². The lowest BCUT2D eigenvalue weighted by atomic mass is 10.1. The molecule has 0 fully saturated rings. The van der Waals surface area contributed by atoms with Crippen LogP contribution < -0.4 is 0 Å². The fraction of sp³-hybridized carbons (Fsp3) is 0.667. The molecule has 0 bridgehead atoms. The molecule has 23 heteroatoms. The maximum Gasteiger partial charge on any atom is 0.559 e. The van der Waals surface area contributed by atoms with Gasteiger partial charge in [-0.2, -0.15) is 79.0 Å². The Labute approximate surface area is 176 Å². The molecule has 0 radical (unpaired) electrons. The van der Waals surface area contributed by atoms with Crippen LogP contribution in [0.25, 0.3) is 0 Å². The van der Waals surface area contributed by atoms with Crippen LogP contribution >= 0.6 is 0 Å². The molecule has 0 heterocycles. The number of halogens is 23. The molecule has 0 atom stereocenters. The van der Waals surface area contributed by atoms with E-state index in [0.717, 1.165) is 0 Å². The molecule has 0 unspecified atom stereocenters. The highest BCUT2D eigenvalue weighted by molar-refractivity contribution is 5.09. The van der Waals surface area contributed by atoms with E-state index in [2.05, 4.69) is 6.58 Å². The summed E-state index contributed by atoms with van der Waals surface area (Å²) in [7, 11) is 0. The second-order valence-corrected chi connectivity index (χ2v) is 4.81. The van der Waals surface area contributed by atoms with Gasteiger partial charge in [-0.25, -0.2) is 4.39 Å². The van der Waals surface area contributed by atoms with Gasteiger partial charge in [0.1, 0.15) is 5.57 Å². The minimum absolute atomic E-state index is 0.812. The van der Waals surface area contributed by atoms with Crippen molar-refractivity contribution in [2.45, 2.75) is 49.2 Å². The predicted molar refractivity (Wildman–Crippen MR) is 66.7 cm³/mol. The van der Waals surface area contributed by atoms with Crippen molar-refractivity contribution in [2.75, 3.05) is 0 Å². The Morgan fingerprint density at radius 3 is 0.571 bits per heavy atom. The summed E-state index contributed by atoms with van der Waals surface area (Å²) in [6.07, 6.45) is -41.2. The van der Waals surface area contributed by atoms with E-state index >= 15 is 0 Å². The van der Waals surface area contributed by atoms with Crippen LogP contribution in [0.3, 0.4) is 0 Å². The molecule has 0 aromatic rings. The van der Waals surface area contributed by atoms with Gasteiger partial charge in [-0.15, -0.1) is 17.6 Å². The minimum Gasteiger partial charge on any atom is -0.219 e. The summed E-state index contributed by atoms with van der Waals surface area (Å²) in [5, 5.41) is 0. The first-order valence-corrected chi connectivity index (χ1v) is 6.65. The summed E-state index contributed by atoms with van der Waals surface area (Å²) in [5.41, 5.74) is -8.00. The van der Waals surface area contributed by atoms with Crippen LogP contribution in [0.15, 0.2) is 24.8 Å². The van der Waals surface area contributed by atoms with Gasteiger partial charge in [0.2, 0.25) is 0 Å². The Hall–Kier alpha value is -2.13.